The predicted molar refractivity (Wildman–Crippen MR) is 75.0 cm³/mol. The zero-order valence-electron chi connectivity index (χ0n) is 13.2. The fourth-order valence-corrected chi connectivity index (χ4v) is 3.31. The first-order valence-corrected chi connectivity index (χ1v) is 8.61. The summed E-state index contributed by atoms with van der Waals surface area (Å²) in [6.07, 6.45) is -1.57. The molecule has 0 bridgehead atoms. The summed E-state index contributed by atoms with van der Waals surface area (Å²) in [5, 5.41) is 0. The number of ketones is 1. The molecular weight excluding hydrogens is 391 g/mol. The Morgan fingerprint density at radius 3 is 2.27 bits per heavy atom. The smallest absolute Gasteiger partial charge is 0.465 e. The second kappa shape index (κ2) is 6.63. The minimum absolute atomic E-state index is 0.0308. The van der Waals surface area contributed by atoms with Crippen molar-refractivity contribution in [2.24, 2.45) is 11.3 Å². The van der Waals surface area contributed by atoms with E-state index in [1.54, 1.807) is 0 Å². The number of methoxy groups -OCH3 is 1. The minimum atomic E-state index is -6.17. The van der Waals surface area contributed by atoms with Gasteiger partial charge in [-0.3, -0.25) is 4.79 Å². The molecule has 0 amide bonds. The lowest BCUT2D eigenvalue weighted by Crippen LogP contribution is -2.47. The molecule has 1 unspecified atom stereocenters. The number of hydrogen-bond donors (Lipinski definition) is 0. The highest BCUT2D eigenvalue weighted by Crippen LogP contribution is 2.54. The van der Waals surface area contributed by atoms with E-state index >= 15 is 0 Å². The van der Waals surface area contributed by atoms with E-state index in [1.807, 2.05) is 0 Å². The van der Waals surface area contributed by atoms with E-state index in [0.29, 0.717) is 18.6 Å². The molecule has 0 radical (unpaired) electrons. The van der Waals surface area contributed by atoms with E-state index in [2.05, 4.69) is 8.92 Å². The maximum atomic E-state index is 13.4. The normalized spacial score (nSPS) is 23.0. The number of hydrogen-bond acceptors (Lipinski definition) is 6. The Labute approximate surface area is 144 Å². The Bertz CT molecular complexity index is 776. The average Bonchev–Trinajstić information content (AvgIpc) is 2.45. The number of carbonyl (C=O) groups excluding carboxylic acids is 2. The maximum absolute atomic E-state index is 13.4. The van der Waals surface area contributed by atoms with Gasteiger partial charge in [0, 0.05) is 11.5 Å². The van der Waals surface area contributed by atoms with Gasteiger partial charge in [0.1, 0.15) is 5.57 Å². The second-order valence-electron chi connectivity index (χ2n) is 5.83. The molecule has 0 aliphatic heterocycles. The molecule has 0 N–H and O–H groups in total. The van der Waals surface area contributed by atoms with Gasteiger partial charge in [-0.1, -0.05) is 12.5 Å². The van der Waals surface area contributed by atoms with Crippen molar-refractivity contribution in [2.75, 3.05) is 7.11 Å². The molecule has 2 rings (SSSR count). The highest BCUT2D eigenvalue weighted by atomic mass is 32.2. The van der Waals surface area contributed by atoms with Crippen LogP contribution in [0.15, 0.2) is 23.5 Å². The van der Waals surface area contributed by atoms with Crippen LogP contribution < -0.4 is 0 Å². The number of rotatable bonds is 5. The lowest BCUT2D eigenvalue weighted by molar-refractivity contribution is -0.138. The SMILES string of the molecule is COC(=O)C1=CC(C2(C(F)F)CCC2)C(=O)C=C1OS(=O)(=O)C(F)(F)F. The van der Waals surface area contributed by atoms with E-state index in [1.165, 1.54) is 0 Å². The van der Waals surface area contributed by atoms with Gasteiger partial charge in [-0.25, -0.2) is 13.6 Å². The van der Waals surface area contributed by atoms with Crippen LogP contribution in [0, 0.1) is 11.3 Å². The van der Waals surface area contributed by atoms with Gasteiger partial charge in [0.2, 0.25) is 6.43 Å². The average molecular weight is 404 g/mol. The zero-order valence-corrected chi connectivity index (χ0v) is 14.0. The van der Waals surface area contributed by atoms with Crippen LogP contribution in [0.25, 0.3) is 0 Å². The van der Waals surface area contributed by atoms with Gasteiger partial charge in [0.15, 0.2) is 11.5 Å². The van der Waals surface area contributed by atoms with Crippen molar-refractivity contribution in [1.82, 2.24) is 0 Å². The second-order valence-corrected chi connectivity index (χ2v) is 7.37. The highest BCUT2D eigenvalue weighted by molar-refractivity contribution is 7.87. The van der Waals surface area contributed by atoms with Crippen LogP contribution in [-0.4, -0.2) is 39.2 Å². The summed E-state index contributed by atoms with van der Waals surface area (Å²) >= 11 is 0. The summed E-state index contributed by atoms with van der Waals surface area (Å²) in [5.41, 5.74) is -8.41. The lowest BCUT2D eigenvalue weighted by atomic mass is 9.59. The Morgan fingerprint density at radius 2 is 1.88 bits per heavy atom. The molecule has 12 heteroatoms. The summed E-state index contributed by atoms with van der Waals surface area (Å²) in [6, 6.07) is 0. The van der Waals surface area contributed by atoms with Crippen molar-refractivity contribution < 1.29 is 48.9 Å². The first kappa shape index (κ1) is 20.3. The maximum Gasteiger partial charge on any atom is 0.534 e. The Hall–Kier alpha value is -1.98. The third kappa shape index (κ3) is 3.33. The standard InChI is InChI=1S/C14H13F5O6S/c1-24-11(21)7-5-8(13(12(15)16)3-2-4-13)9(20)6-10(7)25-26(22,23)14(17,18)19/h5-6,8,12H,2-4H2,1H3. The van der Waals surface area contributed by atoms with Crippen LogP contribution in [0.2, 0.25) is 0 Å². The van der Waals surface area contributed by atoms with Crippen LogP contribution in [0.4, 0.5) is 22.0 Å². The first-order valence-electron chi connectivity index (χ1n) is 7.20. The van der Waals surface area contributed by atoms with Crippen LogP contribution >= 0.6 is 0 Å². The molecule has 1 fully saturated rings. The monoisotopic (exact) mass is 404 g/mol. The molecule has 6 nitrogen and oxygen atoms in total. The number of esters is 1. The van der Waals surface area contributed by atoms with Crippen LogP contribution in [0.1, 0.15) is 19.3 Å². The number of allylic oxidation sites excluding steroid dienone is 2. The summed E-state index contributed by atoms with van der Waals surface area (Å²) < 4.78 is 94.7. The minimum Gasteiger partial charge on any atom is -0.465 e. The van der Waals surface area contributed by atoms with Gasteiger partial charge in [-0.15, -0.1) is 0 Å². The lowest BCUT2D eigenvalue weighted by Gasteiger charge is -2.45. The Balaban J connectivity index is 2.46. The first-order chi connectivity index (χ1) is 11.9. The van der Waals surface area contributed by atoms with E-state index in [4.69, 9.17) is 0 Å². The van der Waals surface area contributed by atoms with E-state index in [9.17, 15) is 40.0 Å². The van der Waals surface area contributed by atoms with Crippen molar-refractivity contribution in [3.63, 3.8) is 0 Å². The third-order valence-corrected chi connectivity index (χ3v) is 5.37. The van der Waals surface area contributed by atoms with Gasteiger partial charge in [-0.05, 0) is 12.8 Å². The van der Waals surface area contributed by atoms with E-state index < -0.39 is 56.5 Å². The molecule has 1 saturated carbocycles. The predicted octanol–water partition coefficient (Wildman–Crippen LogP) is 2.47. The van der Waals surface area contributed by atoms with E-state index in [-0.39, 0.29) is 12.8 Å². The fourth-order valence-electron chi connectivity index (χ4n) is 2.84. The van der Waals surface area contributed by atoms with Crippen LogP contribution in [-0.2, 0) is 28.6 Å². The summed E-state index contributed by atoms with van der Waals surface area (Å²) in [6.45, 7) is 0. The van der Waals surface area contributed by atoms with Gasteiger partial charge < -0.3 is 8.92 Å². The van der Waals surface area contributed by atoms with Crippen molar-refractivity contribution in [3.05, 3.63) is 23.5 Å². The van der Waals surface area contributed by atoms with Gasteiger partial charge in [-0.2, -0.15) is 21.6 Å². The van der Waals surface area contributed by atoms with Gasteiger partial charge in [0.05, 0.1) is 13.0 Å². The summed E-state index contributed by atoms with van der Waals surface area (Å²) in [7, 11) is -5.33. The van der Waals surface area contributed by atoms with Crippen molar-refractivity contribution in [2.45, 2.75) is 31.2 Å². The van der Waals surface area contributed by atoms with Crippen molar-refractivity contribution >= 4 is 21.9 Å². The Kier molecular flexibility index (Phi) is 5.19. The molecule has 0 saturated heterocycles. The summed E-state index contributed by atoms with van der Waals surface area (Å²) in [5.74, 6) is -5.13. The highest BCUT2D eigenvalue weighted by Gasteiger charge is 2.55. The molecule has 1 atom stereocenters. The topological polar surface area (TPSA) is 86.7 Å². The van der Waals surface area contributed by atoms with Gasteiger partial charge >= 0.3 is 21.6 Å². The quantitative estimate of drug-likeness (QED) is 0.303. The fraction of sp³-hybridized carbons (Fsp3) is 0.571. The molecule has 0 aromatic rings. The van der Waals surface area contributed by atoms with Crippen molar-refractivity contribution in [1.29, 1.82) is 0 Å². The molecule has 0 aromatic heterocycles. The molecule has 0 aromatic carbocycles. The number of ether oxygens (including phenoxy) is 1. The third-order valence-electron chi connectivity index (χ3n) is 4.41. The summed E-state index contributed by atoms with van der Waals surface area (Å²) in [4.78, 5) is 24.0. The molecule has 2 aliphatic rings. The largest absolute Gasteiger partial charge is 0.534 e. The Morgan fingerprint density at radius 1 is 1.31 bits per heavy atom. The molecule has 0 heterocycles. The molecule has 26 heavy (non-hydrogen) atoms. The van der Waals surface area contributed by atoms with Crippen LogP contribution in [0.3, 0.4) is 0 Å². The number of carbonyl (C=O) groups is 2. The molecule has 0 spiro atoms. The zero-order chi connectivity index (χ0) is 19.9. The number of halogens is 5. The molecular formula is C14H13F5O6S. The number of alkyl halides is 5. The van der Waals surface area contributed by atoms with Gasteiger partial charge in [0.25, 0.3) is 0 Å². The van der Waals surface area contributed by atoms with Crippen LogP contribution in [0.5, 0.6) is 0 Å². The molecule has 146 valence electrons. The van der Waals surface area contributed by atoms with Crippen molar-refractivity contribution in [3.8, 4) is 0 Å². The molecule has 2 aliphatic carbocycles. The van der Waals surface area contributed by atoms with E-state index in [0.717, 1.165) is 7.11 Å².